The number of anilines is 2. The van der Waals surface area contributed by atoms with E-state index in [1.165, 1.54) is 0 Å². The van der Waals surface area contributed by atoms with Crippen LogP contribution >= 0.6 is 11.6 Å². The minimum absolute atomic E-state index is 0.0647. The maximum absolute atomic E-state index is 12.8. The molecule has 0 spiro atoms. The summed E-state index contributed by atoms with van der Waals surface area (Å²) in [4.78, 5) is 19.3. The number of halogens is 1. The molecule has 1 amide bonds. The largest absolute Gasteiger partial charge is 0.423 e. The molecule has 1 N–H and O–H groups in total. The number of para-hydroxylation sites is 2. The Morgan fingerprint density at radius 1 is 1.28 bits per heavy atom. The van der Waals surface area contributed by atoms with Crippen LogP contribution in [0.25, 0.3) is 11.1 Å². The highest BCUT2D eigenvalue weighted by Gasteiger charge is 2.34. The molecule has 6 heteroatoms. The van der Waals surface area contributed by atoms with Crippen molar-refractivity contribution in [3.63, 3.8) is 0 Å². The SMILES string of the molecule is Cc1c(Cl)cccc1NC(=O)[C@H]1CCCN1c1nc2ccccc2o1. The van der Waals surface area contributed by atoms with Crippen LogP contribution in [0.1, 0.15) is 18.4 Å². The molecule has 128 valence electrons. The number of nitrogens with one attached hydrogen (secondary N) is 1. The van der Waals surface area contributed by atoms with Crippen molar-refractivity contribution in [2.45, 2.75) is 25.8 Å². The Labute approximate surface area is 150 Å². The lowest BCUT2D eigenvalue weighted by Gasteiger charge is -2.22. The van der Waals surface area contributed by atoms with Gasteiger partial charge in [-0.05, 0) is 49.6 Å². The summed E-state index contributed by atoms with van der Waals surface area (Å²) in [5.74, 6) is -0.0647. The standard InChI is InChI=1S/C19H18ClN3O2/c1-12-13(20)6-4-8-14(12)21-18(24)16-9-5-11-23(16)19-22-15-7-2-3-10-17(15)25-19/h2-4,6-8,10,16H,5,9,11H2,1H3,(H,21,24)/t16-/m1/s1. The van der Waals surface area contributed by atoms with Crippen LogP contribution in [-0.2, 0) is 4.79 Å². The molecule has 1 fully saturated rings. The van der Waals surface area contributed by atoms with E-state index in [2.05, 4.69) is 10.3 Å². The summed E-state index contributed by atoms with van der Waals surface area (Å²) < 4.78 is 5.84. The van der Waals surface area contributed by atoms with Gasteiger partial charge in [0, 0.05) is 17.3 Å². The number of carbonyl (C=O) groups excluding carboxylic acids is 1. The average molecular weight is 356 g/mol. The van der Waals surface area contributed by atoms with Gasteiger partial charge in [-0.15, -0.1) is 0 Å². The van der Waals surface area contributed by atoms with E-state index in [0.717, 1.165) is 41.7 Å². The second-order valence-corrected chi connectivity index (χ2v) is 6.62. The number of benzene rings is 2. The minimum atomic E-state index is -0.300. The molecule has 25 heavy (non-hydrogen) atoms. The normalized spacial score (nSPS) is 17.2. The average Bonchev–Trinajstić information content (AvgIpc) is 3.25. The van der Waals surface area contributed by atoms with Gasteiger partial charge < -0.3 is 14.6 Å². The van der Waals surface area contributed by atoms with Gasteiger partial charge in [0.05, 0.1) is 0 Å². The van der Waals surface area contributed by atoms with Gasteiger partial charge in [0.2, 0.25) is 5.91 Å². The van der Waals surface area contributed by atoms with Gasteiger partial charge in [-0.3, -0.25) is 4.79 Å². The Bertz CT molecular complexity index is 904. The van der Waals surface area contributed by atoms with Crippen LogP contribution in [0.3, 0.4) is 0 Å². The molecular formula is C19H18ClN3O2. The van der Waals surface area contributed by atoms with Crippen molar-refractivity contribution >= 4 is 40.3 Å². The topological polar surface area (TPSA) is 58.4 Å². The summed E-state index contributed by atoms with van der Waals surface area (Å²) in [5.41, 5.74) is 3.13. The highest BCUT2D eigenvalue weighted by Crippen LogP contribution is 2.30. The first-order chi connectivity index (χ1) is 12.1. The third-order valence-corrected chi connectivity index (χ3v) is 5.02. The molecule has 1 aliphatic rings. The van der Waals surface area contributed by atoms with E-state index in [0.29, 0.717) is 11.0 Å². The number of hydrogen-bond acceptors (Lipinski definition) is 4. The van der Waals surface area contributed by atoms with E-state index in [9.17, 15) is 4.79 Å². The maximum Gasteiger partial charge on any atom is 0.299 e. The van der Waals surface area contributed by atoms with Gasteiger partial charge >= 0.3 is 0 Å². The van der Waals surface area contributed by atoms with Crippen LogP contribution in [0.15, 0.2) is 46.9 Å². The number of fused-ring (bicyclic) bond motifs is 1. The number of hydrogen-bond donors (Lipinski definition) is 1. The van der Waals surface area contributed by atoms with Gasteiger partial charge in [0.15, 0.2) is 5.58 Å². The monoisotopic (exact) mass is 355 g/mol. The highest BCUT2D eigenvalue weighted by atomic mass is 35.5. The molecule has 0 radical (unpaired) electrons. The van der Waals surface area contributed by atoms with E-state index in [-0.39, 0.29) is 11.9 Å². The zero-order valence-corrected chi connectivity index (χ0v) is 14.6. The molecular weight excluding hydrogens is 338 g/mol. The van der Waals surface area contributed by atoms with Gasteiger partial charge in [0.1, 0.15) is 11.6 Å². The number of aromatic nitrogens is 1. The summed E-state index contributed by atoms with van der Waals surface area (Å²) in [6, 6.07) is 13.3. The Morgan fingerprint density at radius 3 is 2.96 bits per heavy atom. The van der Waals surface area contributed by atoms with Gasteiger partial charge in [-0.1, -0.05) is 29.8 Å². The molecule has 1 aromatic heterocycles. The Morgan fingerprint density at radius 2 is 2.12 bits per heavy atom. The van der Waals surface area contributed by atoms with Crippen molar-refractivity contribution < 1.29 is 9.21 Å². The van der Waals surface area contributed by atoms with Crippen molar-refractivity contribution in [1.82, 2.24) is 4.98 Å². The van der Waals surface area contributed by atoms with Crippen molar-refractivity contribution in [1.29, 1.82) is 0 Å². The number of carbonyl (C=O) groups is 1. The van der Waals surface area contributed by atoms with Crippen LogP contribution in [0.2, 0.25) is 5.02 Å². The molecule has 2 heterocycles. The third kappa shape index (κ3) is 2.96. The first-order valence-corrected chi connectivity index (χ1v) is 8.69. The lowest BCUT2D eigenvalue weighted by molar-refractivity contribution is -0.117. The predicted molar refractivity (Wildman–Crippen MR) is 99.2 cm³/mol. The lowest BCUT2D eigenvalue weighted by Crippen LogP contribution is -2.40. The summed E-state index contributed by atoms with van der Waals surface area (Å²) in [5, 5.41) is 3.63. The summed E-state index contributed by atoms with van der Waals surface area (Å²) in [6.07, 6.45) is 1.69. The Balaban J connectivity index is 1.58. The van der Waals surface area contributed by atoms with Crippen molar-refractivity contribution in [3.05, 3.63) is 53.1 Å². The number of oxazole rings is 1. The molecule has 0 saturated carbocycles. The smallest absolute Gasteiger partial charge is 0.299 e. The first kappa shape index (κ1) is 16.0. The summed E-state index contributed by atoms with van der Waals surface area (Å²) in [7, 11) is 0. The Kier molecular flexibility index (Phi) is 4.09. The van der Waals surface area contributed by atoms with Crippen LogP contribution in [-0.4, -0.2) is 23.5 Å². The fourth-order valence-corrected chi connectivity index (χ4v) is 3.38. The minimum Gasteiger partial charge on any atom is -0.423 e. The highest BCUT2D eigenvalue weighted by molar-refractivity contribution is 6.31. The van der Waals surface area contributed by atoms with Crippen LogP contribution in [0.4, 0.5) is 11.7 Å². The van der Waals surface area contributed by atoms with Crippen LogP contribution in [0, 0.1) is 6.92 Å². The van der Waals surface area contributed by atoms with E-state index in [1.54, 1.807) is 0 Å². The molecule has 5 nitrogen and oxygen atoms in total. The van der Waals surface area contributed by atoms with Gasteiger partial charge in [-0.25, -0.2) is 0 Å². The van der Waals surface area contributed by atoms with Crippen molar-refractivity contribution in [2.24, 2.45) is 0 Å². The lowest BCUT2D eigenvalue weighted by atomic mass is 10.1. The van der Waals surface area contributed by atoms with Crippen molar-refractivity contribution in [3.8, 4) is 0 Å². The van der Waals surface area contributed by atoms with Crippen LogP contribution in [0.5, 0.6) is 0 Å². The second-order valence-electron chi connectivity index (χ2n) is 6.22. The molecule has 1 atom stereocenters. The Hall–Kier alpha value is -2.53. The molecule has 1 aliphatic heterocycles. The summed E-state index contributed by atoms with van der Waals surface area (Å²) in [6.45, 7) is 2.64. The molecule has 0 unspecified atom stereocenters. The third-order valence-electron chi connectivity index (χ3n) is 4.61. The van der Waals surface area contributed by atoms with E-state index in [1.807, 2.05) is 54.3 Å². The molecule has 0 bridgehead atoms. The maximum atomic E-state index is 12.8. The molecule has 2 aromatic carbocycles. The molecule has 0 aliphatic carbocycles. The summed E-state index contributed by atoms with van der Waals surface area (Å²) >= 11 is 6.14. The zero-order chi connectivity index (χ0) is 17.4. The quantitative estimate of drug-likeness (QED) is 0.756. The second kappa shape index (κ2) is 6.41. The zero-order valence-electron chi connectivity index (χ0n) is 13.8. The number of amides is 1. The fourth-order valence-electron chi connectivity index (χ4n) is 3.21. The van der Waals surface area contributed by atoms with Crippen LogP contribution < -0.4 is 10.2 Å². The van der Waals surface area contributed by atoms with E-state index >= 15 is 0 Å². The molecule has 1 saturated heterocycles. The van der Waals surface area contributed by atoms with Gasteiger partial charge in [0.25, 0.3) is 6.01 Å². The fraction of sp³-hybridized carbons (Fsp3) is 0.263. The number of nitrogens with zero attached hydrogens (tertiary/aromatic N) is 2. The first-order valence-electron chi connectivity index (χ1n) is 8.31. The number of rotatable bonds is 3. The van der Waals surface area contributed by atoms with E-state index < -0.39 is 0 Å². The van der Waals surface area contributed by atoms with Crippen molar-refractivity contribution in [2.75, 3.05) is 16.8 Å². The predicted octanol–water partition coefficient (Wildman–Crippen LogP) is 4.40. The molecule has 3 aromatic rings. The van der Waals surface area contributed by atoms with Gasteiger partial charge in [-0.2, -0.15) is 4.98 Å². The van der Waals surface area contributed by atoms with E-state index in [4.69, 9.17) is 16.0 Å². The molecule has 4 rings (SSSR count).